The molecule has 0 aliphatic rings. The van der Waals surface area contributed by atoms with Crippen LogP contribution in [0.25, 0.3) is 0 Å². The highest BCUT2D eigenvalue weighted by Gasteiger charge is 2.27. The summed E-state index contributed by atoms with van der Waals surface area (Å²) in [6, 6.07) is 8.69. The number of ether oxygens (including phenoxy) is 2. The average molecular weight is 404 g/mol. The molecular formula is C14H17ClF3NO5S. The summed E-state index contributed by atoms with van der Waals surface area (Å²) in [6.45, 7) is -2.55. The summed E-state index contributed by atoms with van der Waals surface area (Å²) in [5, 5.41) is 0. The molecule has 0 saturated heterocycles. The van der Waals surface area contributed by atoms with Gasteiger partial charge in [-0.2, -0.15) is 13.2 Å². The SMILES string of the molecule is O=C(OCc1ccccc1)N(CCOCC(F)(F)F)CCS(=O)(=O)Cl. The minimum atomic E-state index is -4.49. The number of benzene rings is 1. The van der Waals surface area contributed by atoms with Crippen LogP contribution in [-0.4, -0.2) is 57.6 Å². The molecule has 0 unspecified atom stereocenters. The van der Waals surface area contributed by atoms with Crippen molar-refractivity contribution in [2.45, 2.75) is 12.8 Å². The summed E-state index contributed by atoms with van der Waals surface area (Å²) in [6.07, 6.45) is -5.36. The lowest BCUT2D eigenvalue weighted by Crippen LogP contribution is -2.38. The van der Waals surface area contributed by atoms with Crippen molar-refractivity contribution in [2.24, 2.45) is 0 Å². The van der Waals surface area contributed by atoms with Crippen molar-refractivity contribution in [1.29, 1.82) is 0 Å². The third kappa shape index (κ3) is 10.8. The Morgan fingerprint density at radius 2 is 1.80 bits per heavy atom. The van der Waals surface area contributed by atoms with Crippen LogP contribution >= 0.6 is 10.7 Å². The van der Waals surface area contributed by atoms with Crippen LogP contribution in [-0.2, 0) is 25.1 Å². The largest absolute Gasteiger partial charge is 0.445 e. The molecule has 0 aliphatic carbocycles. The number of amides is 1. The van der Waals surface area contributed by atoms with Crippen molar-refractivity contribution in [1.82, 2.24) is 4.90 Å². The molecule has 0 N–H and O–H groups in total. The van der Waals surface area contributed by atoms with E-state index in [0.29, 0.717) is 5.56 Å². The molecule has 0 atom stereocenters. The fourth-order valence-electron chi connectivity index (χ4n) is 1.69. The zero-order valence-corrected chi connectivity index (χ0v) is 14.6. The monoisotopic (exact) mass is 403 g/mol. The minimum Gasteiger partial charge on any atom is -0.445 e. The van der Waals surface area contributed by atoms with E-state index in [1.165, 1.54) is 0 Å². The van der Waals surface area contributed by atoms with Crippen molar-refractivity contribution in [2.75, 3.05) is 32.1 Å². The molecule has 142 valence electrons. The molecule has 0 radical (unpaired) electrons. The van der Waals surface area contributed by atoms with Crippen LogP contribution < -0.4 is 0 Å². The first-order valence-corrected chi connectivity index (χ1v) is 9.57. The summed E-state index contributed by atoms with van der Waals surface area (Å²) in [5.74, 6) is -0.561. The van der Waals surface area contributed by atoms with Crippen molar-refractivity contribution >= 4 is 25.8 Å². The molecule has 6 nitrogen and oxygen atoms in total. The highest BCUT2D eigenvalue weighted by molar-refractivity contribution is 8.13. The summed E-state index contributed by atoms with van der Waals surface area (Å²) in [7, 11) is 1.22. The van der Waals surface area contributed by atoms with E-state index in [-0.39, 0.29) is 19.7 Å². The molecule has 0 aromatic heterocycles. The van der Waals surface area contributed by atoms with Gasteiger partial charge in [-0.3, -0.25) is 0 Å². The van der Waals surface area contributed by atoms with E-state index in [0.717, 1.165) is 4.90 Å². The van der Waals surface area contributed by atoms with E-state index in [9.17, 15) is 26.4 Å². The fraction of sp³-hybridized carbons (Fsp3) is 0.500. The predicted molar refractivity (Wildman–Crippen MR) is 84.7 cm³/mol. The quantitative estimate of drug-likeness (QED) is 0.468. The number of carbonyl (C=O) groups excluding carboxylic acids is 1. The second-order valence-electron chi connectivity index (χ2n) is 4.94. The Labute approximate surface area is 147 Å². The zero-order chi connectivity index (χ0) is 18.9. The van der Waals surface area contributed by atoms with Gasteiger partial charge in [0, 0.05) is 23.8 Å². The standard InChI is InChI=1S/C14H17ClF3NO5S/c15-25(21,22)9-7-19(6-8-23-11-14(16,17)18)13(20)24-10-12-4-2-1-3-5-12/h1-5H,6-11H2. The molecule has 0 bridgehead atoms. The number of alkyl halides is 3. The molecule has 1 aromatic rings. The molecule has 0 saturated carbocycles. The van der Waals surface area contributed by atoms with E-state index in [1.807, 2.05) is 0 Å². The fourth-order valence-corrected chi connectivity index (χ4v) is 2.33. The third-order valence-electron chi connectivity index (χ3n) is 2.84. The Morgan fingerprint density at radius 3 is 2.36 bits per heavy atom. The maximum atomic E-state index is 12.0. The highest BCUT2D eigenvalue weighted by atomic mass is 35.7. The second kappa shape index (κ2) is 9.83. The van der Waals surface area contributed by atoms with Crippen LogP contribution in [0.2, 0.25) is 0 Å². The smallest absolute Gasteiger partial charge is 0.411 e. The number of hydrogen-bond acceptors (Lipinski definition) is 5. The molecule has 0 aliphatic heterocycles. The Bertz CT molecular complexity index is 640. The highest BCUT2D eigenvalue weighted by Crippen LogP contribution is 2.14. The van der Waals surface area contributed by atoms with Crippen LogP contribution in [0.5, 0.6) is 0 Å². The average Bonchev–Trinajstić information content (AvgIpc) is 2.51. The second-order valence-corrected chi connectivity index (χ2v) is 7.83. The third-order valence-corrected chi connectivity index (χ3v) is 3.97. The van der Waals surface area contributed by atoms with E-state index in [2.05, 4.69) is 4.74 Å². The summed E-state index contributed by atoms with van der Waals surface area (Å²) < 4.78 is 67.5. The van der Waals surface area contributed by atoms with Gasteiger partial charge >= 0.3 is 12.3 Å². The predicted octanol–water partition coefficient (Wildman–Crippen LogP) is 2.77. The number of nitrogens with zero attached hydrogens (tertiary/aromatic N) is 1. The first-order chi connectivity index (χ1) is 11.6. The maximum Gasteiger partial charge on any atom is 0.411 e. The first kappa shape index (κ1) is 21.5. The number of rotatable bonds is 9. The van der Waals surface area contributed by atoms with Crippen LogP contribution in [0.15, 0.2) is 30.3 Å². The van der Waals surface area contributed by atoms with Gasteiger partial charge < -0.3 is 14.4 Å². The van der Waals surface area contributed by atoms with Crippen LogP contribution in [0, 0.1) is 0 Å². The van der Waals surface area contributed by atoms with Gasteiger partial charge in [-0.15, -0.1) is 0 Å². The van der Waals surface area contributed by atoms with Crippen LogP contribution in [0.4, 0.5) is 18.0 Å². The molecule has 1 aromatic carbocycles. The van der Waals surface area contributed by atoms with Gasteiger partial charge in [-0.25, -0.2) is 13.2 Å². The number of hydrogen-bond donors (Lipinski definition) is 0. The molecule has 0 heterocycles. The van der Waals surface area contributed by atoms with E-state index in [4.69, 9.17) is 15.4 Å². The van der Waals surface area contributed by atoms with Gasteiger partial charge in [0.1, 0.15) is 13.2 Å². The van der Waals surface area contributed by atoms with Crippen LogP contribution in [0.1, 0.15) is 5.56 Å². The lowest BCUT2D eigenvalue weighted by Gasteiger charge is -2.21. The molecule has 1 amide bonds. The van der Waals surface area contributed by atoms with Crippen molar-refractivity contribution in [3.63, 3.8) is 0 Å². The lowest BCUT2D eigenvalue weighted by atomic mass is 10.2. The summed E-state index contributed by atoms with van der Waals surface area (Å²) in [5.41, 5.74) is 0.703. The van der Waals surface area contributed by atoms with E-state index in [1.54, 1.807) is 30.3 Å². The molecular weight excluding hydrogens is 387 g/mol. The van der Waals surface area contributed by atoms with Crippen molar-refractivity contribution < 1.29 is 35.9 Å². The summed E-state index contributed by atoms with van der Waals surface area (Å²) in [4.78, 5) is 12.9. The van der Waals surface area contributed by atoms with Gasteiger partial charge in [-0.05, 0) is 5.56 Å². The van der Waals surface area contributed by atoms with E-state index < -0.39 is 40.3 Å². The first-order valence-electron chi connectivity index (χ1n) is 7.09. The van der Waals surface area contributed by atoms with Gasteiger partial charge in [0.2, 0.25) is 9.05 Å². The number of carbonyl (C=O) groups is 1. The normalized spacial score (nSPS) is 12.0. The van der Waals surface area contributed by atoms with Gasteiger partial charge in [-0.1, -0.05) is 30.3 Å². The van der Waals surface area contributed by atoms with Gasteiger partial charge in [0.25, 0.3) is 0 Å². The molecule has 1 rings (SSSR count). The Balaban J connectivity index is 2.54. The van der Waals surface area contributed by atoms with Crippen molar-refractivity contribution in [3.8, 4) is 0 Å². The Kier molecular flexibility index (Phi) is 8.46. The van der Waals surface area contributed by atoms with Crippen molar-refractivity contribution in [3.05, 3.63) is 35.9 Å². The maximum absolute atomic E-state index is 12.0. The molecule has 0 fully saturated rings. The minimum absolute atomic E-state index is 0.0623. The Hall–Kier alpha value is -1.52. The van der Waals surface area contributed by atoms with Gasteiger partial charge in [0.05, 0.1) is 12.4 Å². The van der Waals surface area contributed by atoms with Crippen LogP contribution in [0.3, 0.4) is 0 Å². The van der Waals surface area contributed by atoms with Gasteiger partial charge in [0.15, 0.2) is 0 Å². The molecule has 11 heteroatoms. The number of halogens is 4. The zero-order valence-electron chi connectivity index (χ0n) is 13.0. The van der Waals surface area contributed by atoms with E-state index >= 15 is 0 Å². The molecule has 25 heavy (non-hydrogen) atoms. The molecule has 0 spiro atoms. The lowest BCUT2D eigenvalue weighted by molar-refractivity contribution is -0.174. The topological polar surface area (TPSA) is 72.9 Å². The Morgan fingerprint density at radius 1 is 1.16 bits per heavy atom. The summed E-state index contributed by atoms with van der Waals surface area (Å²) >= 11 is 0.